The molecule has 0 spiro atoms. The Morgan fingerprint density at radius 3 is 2.12 bits per heavy atom. The summed E-state index contributed by atoms with van der Waals surface area (Å²) < 4.78 is 16.8. The molecule has 2 heterocycles. The molecule has 25 heavy (non-hydrogen) atoms. The minimum absolute atomic E-state index is 0.207. The van der Waals surface area contributed by atoms with Gasteiger partial charge in [0.2, 0.25) is 0 Å². The molecule has 0 aromatic carbocycles. The van der Waals surface area contributed by atoms with Crippen molar-refractivity contribution in [1.29, 1.82) is 0 Å². The number of rotatable bonds is 5. The normalized spacial score (nSPS) is 30.0. The van der Waals surface area contributed by atoms with E-state index in [2.05, 4.69) is 0 Å². The van der Waals surface area contributed by atoms with Gasteiger partial charge < -0.3 is 14.2 Å². The summed E-state index contributed by atoms with van der Waals surface area (Å²) in [5.41, 5.74) is -0.357. The predicted octanol–water partition coefficient (Wildman–Crippen LogP) is 2.08. The van der Waals surface area contributed by atoms with E-state index in [0.29, 0.717) is 6.54 Å². The van der Waals surface area contributed by atoms with Crippen molar-refractivity contribution in [2.24, 2.45) is 5.92 Å². The molecule has 0 aromatic rings. The minimum atomic E-state index is -0.995. The lowest BCUT2D eigenvalue weighted by atomic mass is 9.91. The maximum Gasteiger partial charge on any atom is 0.338 e. The molecule has 2 fully saturated rings. The van der Waals surface area contributed by atoms with Gasteiger partial charge in [-0.05, 0) is 54.9 Å². The highest BCUT2D eigenvalue weighted by Gasteiger charge is 2.58. The van der Waals surface area contributed by atoms with Crippen LogP contribution >= 0.6 is 0 Å². The zero-order valence-electron chi connectivity index (χ0n) is 16.3. The first-order valence-corrected chi connectivity index (χ1v) is 9.02. The third kappa shape index (κ3) is 4.92. The van der Waals surface area contributed by atoms with Gasteiger partial charge >= 0.3 is 11.9 Å². The van der Waals surface area contributed by atoms with E-state index < -0.39 is 24.0 Å². The van der Waals surface area contributed by atoms with E-state index in [1.165, 1.54) is 0 Å². The third-order valence-corrected chi connectivity index (χ3v) is 4.00. The van der Waals surface area contributed by atoms with Gasteiger partial charge in [-0.1, -0.05) is 0 Å². The van der Waals surface area contributed by atoms with Crippen LogP contribution in [-0.2, 0) is 28.6 Å². The molecule has 7 heteroatoms. The monoisotopic (exact) mass is 357 g/mol. The zero-order chi connectivity index (χ0) is 18.9. The summed E-state index contributed by atoms with van der Waals surface area (Å²) in [7, 11) is 0. The average molecular weight is 357 g/mol. The molecule has 0 aliphatic carbocycles. The van der Waals surface area contributed by atoms with E-state index in [0.717, 1.165) is 6.42 Å². The fraction of sp³-hybridized carbons (Fsp3) is 0.889. The molecule has 144 valence electrons. The highest BCUT2D eigenvalue weighted by Crippen LogP contribution is 2.39. The van der Waals surface area contributed by atoms with Crippen LogP contribution in [0.1, 0.15) is 54.9 Å². The molecule has 7 nitrogen and oxygen atoms in total. The molecular weight excluding hydrogens is 326 g/mol. The number of ether oxygens (including phenoxy) is 3. The van der Waals surface area contributed by atoms with Gasteiger partial charge in [0.05, 0.1) is 30.0 Å². The molecule has 4 atom stereocenters. The Labute approximate surface area is 149 Å². The van der Waals surface area contributed by atoms with E-state index in [-0.39, 0.29) is 30.0 Å². The number of esters is 2. The van der Waals surface area contributed by atoms with Crippen LogP contribution in [0.2, 0.25) is 0 Å². The summed E-state index contributed by atoms with van der Waals surface area (Å²) in [6.45, 7) is 13.6. The second-order valence-corrected chi connectivity index (χ2v) is 8.21. The smallest absolute Gasteiger partial charge is 0.338 e. The molecular formula is C18H31NO6. The van der Waals surface area contributed by atoms with Crippen molar-refractivity contribution >= 4 is 11.9 Å². The van der Waals surface area contributed by atoms with E-state index in [1.807, 2.05) is 20.8 Å². The van der Waals surface area contributed by atoms with Crippen LogP contribution in [0.15, 0.2) is 0 Å². The maximum absolute atomic E-state index is 12.7. The number of fused-ring (bicyclic) bond motifs is 1. The summed E-state index contributed by atoms with van der Waals surface area (Å²) in [6.07, 6.45) is -1.02. The van der Waals surface area contributed by atoms with E-state index in [9.17, 15) is 9.59 Å². The molecule has 0 saturated carbocycles. The quantitative estimate of drug-likeness (QED) is 0.697. The largest absolute Gasteiger partial charge is 0.463 e. The van der Waals surface area contributed by atoms with Gasteiger partial charge in [0.25, 0.3) is 0 Å². The number of nitrogens with zero attached hydrogens (tertiary/aromatic N) is 1. The van der Waals surface area contributed by atoms with Gasteiger partial charge in [-0.15, -0.1) is 0 Å². The summed E-state index contributed by atoms with van der Waals surface area (Å²) in [5, 5.41) is 1.69. The highest BCUT2D eigenvalue weighted by molar-refractivity contribution is 5.85. The van der Waals surface area contributed by atoms with Crippen LogP contribution in [0.25, 0.3) is 0 Å². The van der Waals surface area contributed by atoms with Gasteiger partial charge in [-0.25, -0.2) is 4.79 Å². The van der Waals surface area contributed by atoms with E-state index >= 15 is 0 Å². The van der Waals surface area contributed by atoms with Gasteiger partial charge in [-0.3, -0.25) is 9.63 Å². The van der Waals surface area contributed by atoms with Crippen molar-refractivity contribution in [2.45, 2.75) is 90.9 Å². The van der Waals surface area contributed by atoms with Crippen LogP contribution in [0.4, 0.5) is 0 Å². The minimum Gasteiger partial charge on any atom is -0.463 e. The number of hydrogen-bond donors (Lipinski definition) is 0. The zero-order valence-corrected chi connectivity index (χ0v) is 16.3. The van der Waals surface area contributed by atoms with Gasteiger partial charge in [0.15, 0.2) is 6.10 Å². The van der Waals surface area contributed by atoms with Gasteiger partial charge in [-0.2, -0.15) is 5.06 Å². The summed E-state index contributed by atoms with van der Waals surface area (Å²) in [6, 6.07) is -0.352. The number of hydroxylamine groups is 2. The lowest BCUT2D eigenvalue weighted by Crippen LogP contribution is -2.46. The first-order valence-electron chi connectivity index (χ1n) is 9.02. The lowest BCUT2D eigenvalue weighted by molar-refractivity contribution is -0.190. The molecule has 0 radical (unpaired) electrons. The molecule has 2 aliphatic heterocycles. The third-order valence-electron chi connectivity index (χ3n) is 4.00. The number of carbonyl (C=O) groups is 2. The Hall–Kier alpha value is -1.18. The second kappa shape index (κ2) is 7.60. The fourth-order valence-electron chi connectivity index (χ4n) is 3.33. The molecule has 2 saturated heterocycles. The van der Waals surface area contributed by atoms with Crippen LogP contribution < -0.4 is 0 Å². The highest BCUT2D eigenvalue weighted by atomic mass is 16.7. The predicted molar refractivity (Wildman–Crippen MR) is 90.6 cm³/mol. The molecule has 0 aromatic heterocycles. The summed E-state index contributed by atoms with van der Waals surface area (Å²) in [4.78, 5) is 31.0. The lowest BCUT2D eigenvalue weighted by Gasteiger charge is -2.30. The van der Waals surface area contributed by atoms with Crippen molar-refractivity contribution in [3.05, 3.63) is 0 Å². The van der Waals surface area contributed by atoms with E-state index in [4.69, 9.17) is 19.0 Å². The van der Waals surface area contributed by atoms with Crippen molar-refractivity contribution in [1.82, 2.24) is 5.06 Å². The molecule has 2 rings (SSSR count). The van der Waals surface area contributed by atoms with Crippen LogP contribution in [0.5, 0.6) is 0 Å². The number of hydrogen-bond acceptors (Lipinski definition) is 7. The maximum atomic E-state index is 12.7. The van der Waals surface area contributed by atoms with Crippen molar-refractivity contribution in [2.75, 3.05) is 6.54 Å². The Morgan fingerprint density at radius 1 is 1.04 bits per heavy atom. The molecule has 0 bridgehead atoms. The molecule has 0 unspecified atom stereocenters. The first kappa shape index (κ1) is 20.1. The molecule has 0 N–H and O–H groups in total. The summed E-state index contributed by atoms with van der Waals surface area (Å²) >= 11 is 0. The second-order valence-electron chi connectivity index (χ2n) is 8.21. The number of carbonyl (C=O) groups excluding carboxylic acids is 2. The van der Waals surface area contributed by atoms with Crippen molar-refractivity contribution < 1.29 is 28.6 Å². The van der Waals surface area contributed by atoms with Crippen LogP contribution in [0, 0.1) is 5.92 Å². The fourth-order valence-corrected chi connectivity index (χ4v) is 3.33. The SMILES string of the molecule is CC(C)OC(=O)[C@@H]1[C@H]2[C@@H](OC(C)(C)C)CCN2O[C@@H]1C(=O)OC(C)C. The van der Waals surface area contributed by atoms with Crippen molar-refractivity contribution in [3.8, 4) is 0 Å². The van der Waals surface area contributed by atoms with E-state index in [1.54, 1.807) is 32.8 Å². The topological polar surface area (TPSA) is 74.3 Å². The molecule has 2 aliphatic rings. The average Bonchev–Trinajstić information content (AvgIpc) is 2.95. The van der Waals surface area contributed by atoms with Gasteiger partial charge in [0, 0.05) is 6.54 Å². The van der Waals surface area contributed by atoms with Crippen LogP contribution in [-0.4, -0.2) is 59.6 Å². The standard InChI is InChI=1S/C18H31NO6/c1-10(2)22-16(20)13-14-12(24-18(5,6)7)8-9-19(14)25-15(13)17(21)23-11(3)4/h10-15H,8-9H2,1-7H3/t12-,13+,14+,15-/m0/s1. The Morgan fingerprint density at radius 2 is 1.60 bits per heavy atom. The summed E-state index contributed by atoms with van der Waals surface area (Å²) in [5.74, 6) is -1.74. The Bertz CT molecular complexity index is 498. The van der Waals surface area contributed by atoms with Gasteiger partial charge in [0.1, 0.15) is 5.92 Å². The molecule has 0 amide bonds. The first-order chi connectivity index (χ1) is 11.5. The Balaban J connectivity index is 2.25. The van der Waals surface area contributed by atoms with Crippen LogP contribution in [0.3, 0.4) is 0 Å². The van der Waals surface area contributed by atoms with Crippen molar-refractivity contribution in [3.63, 3.8) is 0 Å². The Kier molecular flexibility index (Phi) is 6.12.